The third kappa shape index (κ3) is 3.48. The van der Waals surface area contributed by atoms with Gasteiger partial charge in [-0.2, -0.15) is 0 Å². The van der Waals surface area contributed by atoms with Crippen LogP contribution in [0, 0.1) is 0 Å². The van der Waals surface area contributed by atoms with Crippen molar-refractivity contribution < 1.29 is 9.21 Å². The lowest BCUT2D eigenvalue weighted by molar-refractivity contribution is -0.111. The van der Waals surface area contributed by atoms with E-state index in [1.54, 1.807) is 42.7 Å². The highest BCUT2D eigenvalue weighted by molar-refractivity contribution is 9.10. The number of hydrogen-bond acceptors (Lipinski definition) is 2. The van der Waals surface area contributed by atoms with Gasteiger partial charge in [0.2, 0.25) is 5.91 Å². The van der Waals surface area contributed by atoms with Crippen molar-refractivity contribution in [1.82, 2.24) is 0 Å². The summed E-state index contributed by atoms with van der Waals surface area (Å²) in [5.74, 6) is 0.365. The third-order valence-corrected chi connectivity index (χ3v) is 3.06. The maximum atomic E-state index is 11.7. The van der Waals surface area contributed by atoms with Crippen molar-refractivity contribution in [2.45, 2.75) is 0 Å². The van der Waals surface area contributed by atoms with Gasteiger partial charge in [0.1, 0.15) is 5.76 Å². The van der Waals surface area contributed by atoms with E-state index in [0.29, 0.717) is 16.5 Å². The summed E-state index contributed by atoms with van der Waals surface area (Å²) in [6.45, 7) is 0. The Morgan fingerprint density at radius 3 is 2.94 bits per heavy atom. The smallest absolute Gasteiger partial charge is 0.248 e. The first-order chi connectivity index (χ1) is 8.65. The number of anilines is 1. The van der Waals surface area contributed by atoms with E-state index < -0.39 is 0 Å². The van der Waals surface area contributed by atoms with Gasteiger partial charge in [-0.05, 0) is 52.3 Å². The summed E-state index contributed by atoms with van der Waals surface area (Å²) >= 11 is 9.19. The summed E-state index contributed by atoms with van der Waals surface area (Å²) in [7, 11) is 0. The topological polar surface area (TPSA) is 42.2 Å². The minimum absolute atomic E-state index is 0.255. The minimum Gasteiger partial charge on any atom is -0.465 e. The molecule has 1 aromatic heterocycles. The van der Waals surface area contributed by atoms with Gasteiger partial charge < -0.3 is 9.73 Å². The van der Waals surface area contributed by atoms with Crippen LogP contribution in [0.2, 0.25) is 5.02 Å². The summed E-state index contributed by atoms with van der Waals surface area (Å²) in [6.07, 6.45) is 4.53. The molecule has 2 aromatic rings. The van der Waals surface area contributed by atoms with Crippen molar-refractivity contribution in [3.05, 3.63) is 57.9 Å². The van der Waals surface area contributed by atoms with Crippen molar-refractivity contribution in [2.24, 2.45) is 0 Å². The van der Waals surface area contributed by atoms with Crippen molar-refractivity contribution in [2.75, 3.05) is 5.32 Å². The summed E-state index contributed by atoms with van der Waals surface area (Å²) in [6, 6.07) is 8.70. The lowest BCUT2D eigenvalue weighted by atomic mass is 10.3. The molecule has 18 heavy (non-hydrogen) atoms. The second kappa shape index (κ2) is 5.89. The van der Waals surface area contributed by atoms with E-state index in [0.717, 1.165) is 4.47 Å². The molecule has 0 aliphatic carbocycles. The van der Waals surface area contributed by atoms with Crippen LogP contribution >= 0.6 is 27.5 Å². The molecule has 1 N–H and O–H groups in total. The highest BCUT2D eigenvalue weighted by atomic mass is 79.9. The monoisotopic (exact) mass is 325 g/mol. The van der Waals surface area contributed by atoms with Gasteiger partial charge in [-0.15, -0.1) is 0 Å². The average Bonchev–Trinajstić information content (AvgIpc) is 2.84. The SMILES string of the molecule is O=C(/C=C/c1ccco1)Nc1cc(Cl)ccc1Br. The molecular formula is C13H9BrClNO2. The number of benzene rings is 1. The van der Waals surface area contributed by atoms with Crippen LogP contribution in [0.25, 0.3) is 6.08 Å². The maximum absolute atomic E-state index is 11.7. The third-order valence-electron chi connectivity index (χ3n) is 2.13. The minimum atomic E-state index is -0.255. The van der Waals surface area contributed by atoms with Gasteiger partial charge in [0.25, 0.3) is 0 Å². The largest absolute Gasteiger partial charge is 0.465 e. The summed E-state index contributed by atoms with van der Waals surface area (Å²) < 4.78 is 5.85. The van der Waals surface area contributed by atoms with Crippen LogP contribution in [0.1, 0.15) is 5.76 Å². The average molecular weight is 327 g/mol. The summed E-state index contributed by atoms with van der Waals surface area (Å²) in [5, 5.41) is 3.27. The number of amides is 1. The number of carbonyl (C=O) groups excluding carboxylic acids is 1. The van der Waals surface area contributed by atoms with E-state index in [2.05, 4.69) is 21.2 Å². The number of nitrogens with one attached hydrogen (secondary N) is 1. The molecule has 0 spiro atoms. The summed E-state index contributed by atoms with van der Waals surface area (Å²) in [5.41, 5.74) is 0.622. The van der Waals surface area contributed by atoms with Crippen molar-refractivity contribution in [3.8, 4) is 0 Å². The first kappa shape index (κ1) is 12.9. The van der Waals surface area contributed by atoms with Crippen LogP contribution < -0.4 is 5.32 Å². The van der Waals surface area contributed by atoms with Crippen LogP contribution in [0.5, 0.6) is 0 Å². The number of carbonyl (C=O) groups is 1. The molecule has 0 radical (unpaired) electrons. The molecule has 1 aromatic carbocycles. The predicted molar refractivity (Wildman–Crippen MR) is 75.5 cm³/mol. The van der Waals surface area contributed by atoms with Gasteiger partial charge in [-0.25, -0.2) is 0 Å². The van der Waals surface area contributed by atoms with Crippen LogP contribution in [-0.2, 0) is 4.79 Å². The molecule has 0 unspecified atom stereocenters. The molecule has 0 saturated carbocycles. The zero-order valence-corrected chi connectivity index (χ0v) is 11.5. The Kier molecular flexibility index (Phi) is 4.23. The Bertz CT molecular complexity index is 579. The molecule has 1 amide bonds. The molecule has 0 atom stereocenters. The van der Waals surface area contributed by atoms with E-state index >= 15 is 0 Å². The van der Waals surface area contributed by atoms with Crippen molar-refractivity contribution in [1.29, 1.82) is 0 Å². The van der Waals surface area contributed by atoms with E-state index in [-0.39, 0.29) is 5.91 Å². The van der Waals surface area contributed by atoms with Crippen LogP contribution in [-0.4, -0.2) is 5.91 Å². The fourth-order valence-electron chi connectivity index (χ4n) is 1.31. The normalized spacial score (nSPS) is 10.8. The number of halogens is 2. The van der Waals surface area contributed by atoms with E-state index in [1.807, 2.05) is 0 Å². The second-order valence-electron chi connectivity index (χ2n) is 3.46. The molecule has 0 aliphatic heterocycles. The fraction of sp³-hybridized carbons (Fsp3) is 0. The fourth-order valence-corrected chi connectivity index (χ4v) is 1.83. The van der Waals surface area contributed by atoms with Crippen LogP contribution in [0.4, 0.5) is 5.69 Å². The summed E-state index contributed by atoms with van der Waals surface area (Å²) in [4.78, 5) is 11.7. The van der Waals surface area contributed by atoms with Gasteiger partial charge in [0, 0.05) is 15.6 Å². The Balaban J connectivity index is 2.05. The molecular weight excluding hydrogens is 318 g/mol. The Labute approximate surface area is 118 Å². The number of hydrogen-bond donors (Lipinski definition) is 1. The first-order valence-electron chi connectivity index (χ1n) is 5.13. The quantitative estimate of drug-likeness (QED) is 0.852. The van der Waals surface area contributed by atoms with E-state index in [1.165, 1.54) is 6.08 Å². The van der Waals surface area contributed by atoms with Crippen LogP contribution in [0.15, 0.2) is 51.6 Å². The number of rotatable bonds is 3. The zero-order valence-electron chi connectivity index (χ0n) is 9.19. The van der Waals surface area contributed by atoms with Crippen molar-refractivity contribution >= 4 is 45.2 Å². The maximum Gasteiger partial charge on any atom is 0.248 e. The predicted octanol–water partition coefficient (Wildman–Crippen LogP) is 4.35. The zero-order chi connectivity index (χ0) is 13.0. The molecule has 3 nitrogen and oxygen atoms in total. The van der Waals surface area contributed by atoms with Gasteiger partial charge in [-0.1, -0.05) is 11.6 Å². The molecule has 5 heteroatoms. The van der Waals surface area contributed by atoms with Crippen molar-refractivity contribution in [3.63, 3.8) is 0 Å². The van der Waals surface area contributed by atoms with E-state index in [9.17, 15) is 4.79 Å². The Morgan fingerprint density at radius 2 is 2.22 bits per heavy atom. The van der Waals surface area contributed by atoms with Crippen LogP contribution in [0.3, 0.4) is 0 Å². The molecule has 0 bridgehead atoms. The van der Waals surface area contributed by atoms with Gasteiger partial charge in [0.15, 0.2) is 0 Å². The molecule has 92 valence electrons. The molecule has 0 fully saturated rings. The lowest BCUT2D eigenvalue weighted by Crippen LogP contribution is -2.08. The second-order valence-corrected chi connectivity index (χ2v) is 4.75. The molecule has 2 rings (SSSR count). The highest BCUT2D eigenvalue weighted by Gasteiger charge is 2.03. The molecule has 0 saturated heterocycles. The van der Waals surface area contributed by atoms with Gasteiger partial charge in [0.05, 0.1) is 12.0 Å². The first-order valence-corrected chi connectivity index (χ1v) is 6.30. The van der Waals surface area contributed by atoms with Gasteiger partial charge in [-0.3, -0.25) is 4.79 Å². The lowest BCUT2D eigenvalue weighted by Gasteiger charge is -2.05. The number of furan rings is 1. The Morgan fingerprint density at radius 1 is 1.39 bits per heavy atom. The highest BCUT2D eigenvalue weighted by Crippen LogP contribution is 2.25. The molecule has 0 aliphatic rings. The molecule has 1 heterocycles. The Hall–Kier alpha value is -1.52. The standard InChI is InChI=1S/C13H9BrClNO2/c14-11-5-3-9(15)8-12(11)16-13(17)6-4-10-2-1-7-18-10/h1-8H,(H,16,17)/b6-4+. The van der Waals surface area contributed by atoms with E-state index in [4.69, 9.17) is 16.0 Å². The van der Waals surface area contributed by atoms with Gasteiger partial charge >= 0.3 is 0 Å².